The average molecular weight is 488 g/mol. The maximum atomic E-state index is 12.5. The molecular formula is C23H19Cl2N3O3S. The second kappa shape index (κ2) is 8.94. The summed E-state index contributed by atoms with van der Waals surface area (Å²) in [6.45, 7) is 0.448. The lowest BCUT2D eigenvalue weighted by Gasteiger charge is -2.09. The predicted octanol–water partition coefficient (Wildman–Crippen LogP) is 4.98. The molecule has 4 rings (SSSR count). The van der Waals surface area contributed by atoms with Crippen molar-refractivity contribution in [2.75, 3.05) is 11.6 Å². The molecule has 1 N–H and O–H groups in total. The van der Waals surface area contributed by atoms with E-state index >= 15 is 0 Å². The number of benzene rings is 3. The van der Waals surface area contributed by atoms with Gasteiger partial charge in [0.1, 0.15) is 0 Å². The van der Waals surface area contributed by atoms with Crippen LogP contribution < -0.4 is 5.32 Å². The number of nitrogens with zero attached hydrogens (tertiary/aromatic N) is 2. The molecule has 164 valence electrons. The molecule has 0 spiro atoms. The van der Waals surface area contributed by atoms with E-state index in [0.29, 0.717) is 38.7 Å². The molecule has 4 aromatic rings. The zero-order valence-electron chi connectivity index (χ0n) is 17.0. The van der Waals surface area contributed by atoms with Crippen LogP contribution in [0.5, 0.6) is 0 Å². The normalized spacial score (nSPS) is 11.6. The number of aromatic nitrogens is 2. The molecular weight excluding hydrogens is 469 g/mol. The standard InChI is InChI=1S/C23H19Cl2N3O3S/c1-32(30,31)22-12-18(26-23(29)10-16-4-2-3-5-20(16)25)11-21-19(22)14-28(27-21)13-15-6-8-17(24)9-7-15/h2-9,11-12,14H,10,13H2,1H3,(H,26,29). The van der Waals surface area contributed by atoms with Gasteiger partial charge in [0.2, 0.25) is 5.91 Å². The van der Waals surface area contributed by atoms with Crippen LogP contribution in [0.1, 0.15) is 11.1 Å². The lowest BCUT2D eigenvalue weighted by molar-refractivity contribution is -0.115. The van der Waals surface area contributed by atoms with Gasteiger partial charge in [-0.1, -0.05) is 53.5 Å². The fraction of sp³-hybridized carbons (Fsp3) is 0.130. The summed E-state index contributed by atoms with van der Waals surface area (Å²) in [5.41, 5.74) is 2.47. The summed E-state index contributed by atoms with van der Waals surface area (Å²) < 4.78 is 26.6. The number of fused-ring (bicyclic) bond motifs is 1. The predicted molar refractivity (Wildman–Crippen MR) is 127 cm³/mol. The molecule has 0 bridgehead atoms. The van der Waals surface area contributed by atoms with Crippen molar-refractivity contribution in [3.8, 4) is 0 Å². The summed E-state index contributed by atoms with van der Waals surface area (Å²) in [5, 5.41) is 8.90. The number of carbonyl (C=O) groups excluding carboxylic acids is 1. The Morgan fingerprint density at radius 2 is 1.78 bits per heavy atom. The first kappa shape index (κ1) is 22.3. The maximum absolute atomic E-state index is 12.5. The Hall–Kier alpha value is -2.87. The summed E-state index contributed by atoms with van der Waals surface area (Å²) in [4.78, 5) is 12.7. The van der Waals surface area contributed by atoms with Crippen molar-refractivity contribution in [3.63, 3.8) is 0 Å². The van der Waals surface area contributed by atoms with E-state index in [1.807, 2.05) is 12.1 Å². The van der Waals surface area contributed by atoms with E-state index in [2.05, 4.69) is 10.4 Å². The molecule has 1 aromatic heterocycles. The first-order valence-electron chi connectivity index (χ1n) is 9.68. The summed E-state index contributed by atoms with van der Waals surface area (Å²) in [7, 11) is -3.56. The molecule has 0 saturated heterocycles. The number of hydrogen-bond acceptors (Lipinski definition) is 4. The zero-order valence-corrected chi connectivity index (χ0v) is 19.4. The van der Waals surface area contributed by atoms with Gasteiger partial charge in [0.25, 0.3) is 0 Å². The molecule has 0 saturated carbocycles. The van der Waals surface area contributed by atoms with Gasteiger partial charge in [-0.05, 0) is 41.5 Å². The van der Waals surface area contributed by atoms with Gasteiger partial charge >= 0.3 is 0 Å². The van der Waals surface area contributed by atoms with Crippen LogP contribution in [0.15, 0.2) is 71.8 Å². The molecule has 0 atom stereocenters. The Morgan fingerprint density at radius 1 is 1.06 bits per heavy atom. The third kappa shape index (κ3) is 5.12. The van der Waals surface area contributed by atoms with Gasteiger partial charge in [0.15, 0.2) is 9.84 Å². The van der Waals surface area contributed by atoms with Crippen molar-refractivity contribution in [1.29, 1.82) is 0 Å². The van der Waals surface area contributed by atoms with Crippen LogP contribution in [0.25, 0.3) is 10.9 Å². The Morgan fingerprint density at radius 3 is 2.47 bits per heavy atom. The third-order valence-corrected chi connectivity index (χ3v) is 6.64. The average Bonchev–Trinajstić information content (AvgIpc) is 3.12. The van der Waals surface area contributed by atoms with Crippen LogP contribution in [-0.2, 0) is 27.6 Å². The highest BCUT2D eigenvalue weighted by Gasteiger charge is 2.18. The molecule has 6 nitrogen and oxygen atoms in total. The van der Waals surface area contributed by atoms with Crippen molar-refractivity contribution in [2.45, 2.75) is 17.9 Å². The Labute approximate surface area is 195 Å². The number of amides is 1. The van der Waals surface area contributed by atoms with Gasteiger partial charge < -0.3 is 5.32 Å². The van der Waals surface area contributed by atoms with E-state index in [0.717, 1.165) is 11.8 Å². The highest BCUT2D eigenvalue weighted by molar-refractivity contribution is 7.91. The van der Waals surface area contributed by atoms with Crippen LogP contribution in [0.4, 0.5) is 5.69 Å². The Kier molecular flexibility index (Phi) is 6.24. The highest BCUT2D eigenvalue weighted by Crippen LogP contribution is 2.28. The summed E-state index contributed by atoms with van der Waals surface area (Å²) in [6, 6.07) is 17.5. The fourth-order valence-corrected chi connectivity index (χ4v) is 4.62. The van der Waals surface area contributed by atoms with Crippen molar-refractivity contribution in [3.05, 3.63) is 88.0 Å². The van der Waals surface area contributed by atoms with Crippen LogP contribution in [0.3, 0.4) is 0 Å². The van der Waals surface area contributed by atoms with Gasteiger partial charge in [-0.2, -0.15) is 5.10 Å². The minimum atomic E-state index is -3.56. The van der Waals surface area contributed by atoms with Gasteiger partial charge in [-0.3, -0.25) is 9.48 Å². The van der Waals surface area contributed by atoms with E-state index in [1.165, 1.54) is 6.07 Å². The zero-order chi connectivity index (χ0) is 22.9. The number of sulfone groups is 1. The SMILES string of the molecule is CS(=O)(=O)c1cc(NC(=O)Cc2ccccc2Cl)cc2nn(Cc3ccc(Cl)cc3)cc12. The van der Waals surface area contributed by atoms with E-state index in [-0.39, 0.29) is 17.2 Å². The third-order valence-electron chi connectivity index (χ3n) is 4.88. The van der Waals surface area contributed by atoms with Crippen LogP contribution in [0.2, 0.25) is 10.0 Å². The number of hydrogen-bond donors (Lipinski definition) is 1. The van der Waals surface area contributed by atoms with Crippen LogP contribution in [0, 0.1) is 0 Å². The molecule has 0 fully saturated rings. The lowest BCUT2D eigenvalue weighted by Crippen LogP contribution is -2.15. The monoisotopic (exact) mass is 487 g/mol. The quantitative estimate of drug-likeness (QED) is 0.415. The van der Waals surface area contributed by atoms with Gasteiger partial charge in [-0.25, -0.2) is 8.42 Å². The second-order valence-electron chi connectivity index (χ2n) is 7.45. The summed E-state index contributed by atoms with van der Waals surface area (Å²) in [5.74, 6) is -0.308. The van der Waals surface area contributed by atoms with Gasteiger partial charge in [0.05, 0.1) is 23.4 Å². The minimum absolute atomic E-state index is 0.0664. The first-order chi connectivity index (χ1) is 15.2. The highest BCUT2D eigenvalue weighted by atomic mass is 35.5. The van der Waals surface area contributed by atoms with Crippen molar-refractivity contribution in [2.24, 2.45) is 0 Å². The molecule has 0 aliphatic rings. The lowest BCUT2D eigenvalue weighted by atomic mass is 10.1. The molecule has 0 aliphatic carbocycles. The summed E-state index contributed by atoms with van der Waals surface area (Å²) in [6.07, 6.45) is 2.89. The molecule has 3 aromatic carbocycles. The number of rotatable bonds is 6. The number of nitrogens with one attached hydrogen (secondary N) is 1. The van der Waals surface area contributed by atoms with Gasteiger partial charge in [0, 0.05) is 33.6 Å². The van der Waals surface area contributed by atoms with E-state index in [9.17, 15) is 13.2 Å². The van der Waals surface area contributed by atoms with Crippen molar-refractivity contribution < 1.29 is 13.2 Å². The van der Waals surface area contributed by atoms with E-state index < -0.39 is 9.84 Å². The van der Waals surface area contributed by atoms with Crippen LogP contribution >= 0.6 is 23.2 Å². The molecule has 9 heteroatoms. The fourth-order valence-electron chi connectivity index (χ4n) is 3.40. The molecule has 1 heterocycles. The number of anilines is 1. The van der Waals surface area contributed by atoms with E-state index in [4.69, 9.17) is 23.2 Å². The molecule has 0 unspecified atom stereocenters. The largest absolute Gasteiger partial charge is 0.326 e. The molecule has 1 amide bonds. The maximum Gasteiger partial charge on any atom is 0.228 e. The summed E-state index contributed by atoms with van der Waals surface area (Å²) >= 11 is 12.1. The number of halogens is 2. The topological polar surface area (TPSA) is 81.1 Å². The van der Waals surface area contributed by atoms with Gasteiger partial charge in [-0.15, -0.1) is 0 Å². The van der Waals surface area contributed by atoms with Crippen molar-refractivity contribution >= 4 is 55.5 Å². The first-order valence-corrected chi connectivity index (χ1v) is 12.3. The van der Waals surface area contributed by atoms with Crippen molar-refractivity contribution in [1.82, 2.24) is 9.78 Å². The molecule has 0 aliphatic heterocycles. The molecule has 32 heavy (non-hydrogen) atoms. The number of carbonyl (C=O) groups is 1. The smallest absolute Gasteiger partial charge is 0.228 e. The Bertz CT molecular complexity index is 1410. The van der Waals surface area contributed by atoms with E-state index in [1.54, 1.807) is 53.3 Å². The second-order valence-corrected chi connectivity index (χ2v) is 10.3. The van der Waals surface area contributed by atoms with Crippen LogP contribution in [-0.4, -0.2) is 30.4 Å². The molecule has 0 radical (unpaired) electrons. The minimum Gasteiger partial charge on any atom is -0.326 e. The Balaban J connectivity index is 1.65.